The number of carbonyl (C=O) groups is 2. The normalized spacial score (nSPS) is 18.0. The number of amides is 2. The molecule has 1 aliphatic rings. The van der Waals surface area contributed by atoms with Crippen LogP contribution in [0.1, 0.15) is 24.3 Å². The Kier molecular flexibility index (Phi) is 5.28. The molecule has 2 amide bonds. The smallest absolute Gasteiger partial charge is 0.270 e. The van der Waals surface area contributed by atoms with E-state index in [1.165, 1.54) is 0 Å². The summed E-state index contributed by atoms with van der Waals surface area (Å²) < 4.78 is 5.55. The van der Waals surface area contributed by atoms with Crippen molar-refractivity contribution in [3.8, 4) is 0 Å². The summed E-state index contributed by atoms with van der Waals surface area (Å²) in [6.07, 6.45) is 1.44. The van der Waals surface area contributed by atoms with E-state index in [9.17, 15) is 9.59 Å². The predicted molar refractivity (Wildman–Crippen MR) is 95.2 cm³/mol. The number of ether oxygens (including phenoxy) is 1. The first kappa shape index (κ1) is 17.4. The van der Waals surface area contributed by atoms with E-state index in [2.05, 4.69) is 24.1 Å². The third-order valence-corrected chi connectivity index (χ3v) is 4.18. The molecule has 1 saturated heterocycles. The van der Waals surface area contributed by atoms with Crippen molar-refractivity contribution < 1.29 is 14.3 Å². The van der Waals surface area contributed by atoms with Crippen LogP contribution in [0.4, 0.5) is 0 Å². The third-order valence-electron chi connectivity index (χ3n) is 4.18. The zero-order chi connectivity index (χ0) is 17.8. The van der Waals surface area contributed by atoms with Crippen molar-refractivity contribution in [1.82, 2.24) is 15.2 Å². The van der Waals surface area contributed by atoms with E-state index < -0.39 is 0 Å². The van der Waals surface area contributed by atoms with Gasteiger partial charge in [-0.25, -0.2) is 0 Å². The quantitative estimate of drug-likeness (QED) is 0.901. The monoisotopic (exact) mass is 341 g/mol. The highest BCUT2D eigenvalue weighted by molar-refractivity contribution is 6.05. The largest absolute Gasteiger partial charge is 0.365 e. The Morgan fingerprint density at radius 3 is 2.96 bits per heavy atom. The van der Waals surface area contributed by atoms with Gasteiger partial charge < -0.3 is 15.0 Å². The maximum Gasteiger partial charge on any atom is 0.270 e. The number of benzene rings is 1. The molecule has 1 aromatic heterocycles. The molecule has 1 atom stereocenters. The number of rotatable bonds is 5. The molecule has 1 aromatic carbocycles. The first-order valence-electron chi connectivity index (χ1n) is 8.56. The van der Waals surface area contributed by atoms with E-state index in [-0.39, 0.29) is 24.5 Å². The van der Waals surface area contributed by atoms with E-state index in [4.69, 9.17) is 4.74 Å². The highest BCUT2D eigenvalue weighted by atomic mass is 16.5. The molecule has 0 bridgehead atoms. The molecule has 0 aliphatic carbocycles. The molecule has 1 N–H and O–H groups in total. The second-order valence-corrected chi connectivity index (χ2v) is 6.72. The number of hydrogen-bond acceptors (Lipinski definition) is 4. The van der Waals surface area contributed by atoms with Crippen molar-refractivity contribution in [2.75, 3.05) is 26.2 Å². The number of nitrogens with one attached hydrogen (secondary N) is 1. The van der Waals surface area contributed by atoms with Crippen LogP contribution in [-0.2, 0) is 9.53 Å². The lowest BCUT2D eigenvalue weighted by atomic mass is 10.1. The fourth-order valence-corrected chi connectivity index (χ4v) is 3.01. The highest BCUT2D eigenvalue weighted by Gasteiger charge is 2.27. The Bertz CT molecular complexity index is 770. The molecule has 1 fully saturated rings. The summed E-state index contributed by atoms with van der Waals surface area (Å²) in [4.78, 5) is 30.4. The SMILES string of the molecule is CC(C)CN1CC(CNC(=O)c2nccc3ccccc23)OCC1=O. The summed E-state index contributed by atoms with van der Waals surface area (Å²) in [5, 5.41) is 4.69. The number of fused-ring (bicyclic) bond motifs is 1. The Morgan fingerprint density at radius 2 is 2.16 bits per heavy atom. The molecule has 2 aromatic rings. The van der Waals surface area contributed by atoms with Gasteiger partial charge in [-0.15, -0.1) is 0 Å². The van der Waals surface area contributed by atoms with Gasteiger partial charge in [0, 0.05) is 31.2 Å². The molecule has 6 heteroatoms. The third kappa shape index (κ3) is 4.14. The lowest BCUT2D eigenvalue weighted by molar-refractivity contribution is -0.149. The summed E-state index contributed by atoms with van der Waals surface area (Å²) in [5.41, 5.74) is 0.407. The topological polar surface area (TPSA) is 71.5 Å². The van der Waals surface area contributed by atoms with Gasteiger partial charge in [-0.05, 0) is 17.4 Å². The van der Waals surface area contributed by atoms with Gasteiger partial charge in [0.25, 0.3) is 5.91 Å². The minimum atomic E-state index is -0.229. The Hall–Kier alpha value is -2.47. The maximum absolute atomic E-state index is 12.5. The second-order valence-electron chi connectivity index (χ2n) is 6.72. The summed E-state index contributed by atoms with van der Waals surface area (Å²) in [7, 11) is 0. The van der Waals surface area contributed by atoms with Gasteiger partial charge in [0.2, 0.25) is 5.91 Å². The van der Waals surface area contributed by atoms with Crippen LogP contribution < -0.4 is 5.32 Å². The van der Waals surface area contributed by atoms with Crippen LogP contribution in [0.15, 0.2) is 36.5 Å². The van der Waals surface area contributed by atoms with E-state index in [1.54, 1.807) is 11.1 Å². The van der Waals surface area contributed by atoms with Crippen molar-refractivity contribution in [1.29, 1.82) is 0 Å². The second kappa shape index (κ2) is 7.61. The van der Waals surface area contributed by atoms with Crippen LogP contribution in [0.25, 0.3) is 10.8 Å². The summed E-state index contributed by atoms with van der Waals surface area (Å²) in [5.74, 6) is 0.178. The molecule has 0 radical (unpaired) electrons. The van der Waals surface area contributed by atoms with Gasteiger partial charge in [0.05, 0.1) is 6.10 Å². The number of nitrogens with zero attached hydrogens (tertiary/aromatic N) is 2. The van der Waals surface area contributed by atoms with Crippen LogP contribution in [-0.4, -0.2) is 54.0 Å². The molecule has 1 unspecified atom stereocenters. The van der Waals surface area contributed by atoms with Gasteiger partial charge >= 0.3 is 0 Å². The predicted octanol–water partition coefficient (Wildman–Crippen LogP) is 1.85. The van der Waals surface area contributed by atoms with E-state index in [1.807, 2.05) is 30.3 Å². The van der Waals surface area contributed by atoms with Crippen LogP contribution in [0, 0.1) is 5.92 Å². The zero-order valence-corrected chi connectivity index (χ0v) is 14.6. The standard InChI is InChI=1S/C19H23N3O3/c1-13(2)10-22-11-15(25-12-17(22)23)9-21-19(24)18-16-6-4-3-5-14(16)7-8-20-18/h3-8,13,15H,9-12H2,1-2H3,(H,21,24). The number of aromatic nitrogens is 1. The average Bonchev–Trinajstić information content (AvgIpc) is 2.61. The summed E-state index contributed by atoms with van der Waals surface area (Å²) in [6, 6.07) is 9.54. The molecule has 0 saturated carbocycles. The van der Waals surface area contributed by atoms with Crippen LogP contribution in [0.3, 0.4) is 0 Å². The van der Waals surface area contributed by atoms with Gasteiger partial charge in [0.1, 0.15) is 12.3 Å². The zero-order valence-electron chi connectivity index (χ0n) is 14.6. The molecule has 3 rings (SSSR count). The van der Waals surface area contributed by atoms with Gasteiger partial charge in [-0.3, -0.25) is 14.6 Å². The highest BCUT2D eigenvalue weighted by Crippen LogP contribution is 2.16. The Labute approximate surface area is 147 Å². The molecule has 25 heavy (non-hydrogen) atoms. The first-order valence-corrected chi connectivity index (χ1v) is 8.56. The average molecular weight is 341 g/mol. The maximum atomic E-state index is 12.5. The molecule has 1 aliphatic heterocycles. The summed E-state index contributed by atoms with van der Waals surface area (Å²) >= 11 is 0. The number of hydrogen-bond donors (Lipinski definition) is 1. The Morgan fingerprint density at radius 1 is 1.36 bits per heavy atom. The van der Waals surface area contributed by atoms with Crippen LogP contribution in [0.2, 0.25) is 0 Å². The number of carbonyl (C=O) groups excluding carboxylic acids is 2. The fourth-order valence-electron chi connectivity index (χ4n) is 3.01. The van der Waals surface area contributed by atoms with Gasteiger partial charge in [0.15, 0.2) is 0 Å². The van der Waals surface area contributed by atoms with Crippen molar-refractivity contribution in [2.45, 2.75) is 20.0 Å². The lowest BCUT2D eigenvalue weighted by Gasteiger charge is -2.33. The minimum Gasteiger partial charge on any atom is -0.365 e. The van der Waals surface area contributed by atoms with Crippen molar-refractivity contribution in [2.24, 2.45) is 5.92 Å². The summed E-state index contributed by atoms with van der Waals surface area (Å²) in [6.45, 7) is 5.78. The first-order chi connectivity index (χ1) is 12.0. The number of morpholine rings is 1. The molecule has 2 heterocycles. The van der Waals surface area contributed by atoms with E-state index >= 15 is 0 Å². The van der Waals surface area contributed by atoms with Crippen molar-refractivity contribution >= 4 is 22.6 Å². The molecular formula is C19H23N3O3. The van der Waals surface area contributed by atoms with Crippen LogP contribution >= 0.6 is 0 Å². The molecular weight excluding hydrogens is 318 g/mol. The van der Waals surface area contributed by atoms with Gasteiger partial charge in [-0.2, -0.15) is 0 Å². The van der Waals surface area contributed by atoms with Crippen molar-refractivity contribution in [3.05, 3.63) is 42.2 Å². The van der Waals surface area contributed by atoms with E-state index in [0.717, 1.165) is 10.8 Å². The van der Waals surface area contributed by atoms with Gasteiger partial charge in [-0.1, -0.05) is 38.1 Å². The molecule has 132 valence electrons. The van der Waals surface area contributed by atoms with Crippen LogP contribution in [0.5, 0.6) is 0 Å². The minimum absolute atomic E-state index is 0.00648. The fraction of sp³-hybridized carbons (Fsp3) is 0.421. The Balaban J connectivity index is 1.63. The molecule has 0 spiro atoms. The lowest BCUT2D eigenvalue weighted by Crippen LogP contribution is -2.51. The molecule has 6 nitrogen and oxygen atoms in total. The van der Waals surface area contributed by atoms with Crippen molar-refractivity contribution in [3.63, 3.8) is 0 Å². The number of pyridine rings is 1. The van der Waals surface area contributed by atoms with E-state index in [0.29, 0.717) is 31.2 Å².